The number of furan rings is 1. The Morgan fingerprint density at radius 2 is 2.30 bits per heavy atom. The molecule has 2 aliphatic rings. The molecule has 1 amide bonds. The van der Waals surface area contributed by atoms with Crippen LogP contribution in [0, 0.1) is 0 Å². The first-order chi connectivity index (χ1) is 11.3. The molecule has 23 heavy (non-hydrogen) atoms. The summed E-state index contributed by atoms with van der Waals surface area (Å²) in [5.74, 6) is 0.969. The summed E-state index contributed by atoms with van der Waals surface area (Å²) in [5, 5.41) is 2.81. The first-order valence-electron chi connectivity index (χ1n) is 8.30. The van der Waals surface area contributed by atoms with Crippen LogP contribution in [0.15, 0.2) is 28.2 Å². The fourth-order valence-electron chi connectivity index (χ4n) is 3.55. The Labute approximate surface area is 139 Å². The molecule has 0 spiro atoms. The molecule has 2 aromatic heterocycles. The van der Waals surface area contributed by atoms with Crippen LogP contribution in [0.25, 0.3) is 10.8 Å². The van der Waals surface area contributed by atoms with Crippen LogP contribution >= 0.6 is 11.3 Å². The van der Waals surface area contributed by atoms with E-state index in [0.717, 1.165) is 36.1 Å². The second-order valence-corrected chi connectivity index (χ2v) is 7.18. The van der Waals surface area contributed by atoms with E-state index in [1.54, 1.807) is 6.26 Å². The number of piperidine rings is 1. The number of carbonyl (C=O) groups excluding carboxylic acids is 1. The van der Waals surface area contributed by atoms with Gasteiger partial charge in [-0.1, -0.05) is 6.42 Å². The number of fused-ring (bicyclic) bond motifs is 1. The Hall–Kier alpha value is -1.66. The number of rotatable bonds is 3. The van der Waals surface area contributed by atoms with E-state index in [-0.39, 0.29) is 5.91 Å². The topological polar surface area (TPSA) is 49.6 Å². The SMILES string of the molecule is O=C(Cc1csc(-c2ccco2)n1)N1CCN2CCCC[C@H]2C1. The number of aromatic nitrogens is 1. The van der Waals surface area contributed by atoms with Crippen LogP contribution in [0.2, 0.25) is 0 Å². The van der Waals surface area contributed by atoms with E-state index in [1.807, 2.05) is 22.4 Å². The number of carbonyl (C=O) groups is 1. The van der Waals surface area contributed by atoms with Crippen LogP contribution in [-0.2, 0) is 11.2 Å². The Morgan fingerprint density at radius 1 is 1.35 bits per heavy atom. The van der Waals surface area contributed by atoms with Gasteiger partial charge in [-0.25, -0.2) is 4.98 Å². The molecule has 2 aliphatic heterocycles. The molecule has 5 nitrogen and oxygen atoms in total. The van der Waals surface area contributed by atoms with Gasteiger partial charge in [-0.2, -0.15) is 0 Å². The van der Waals surface area contributed by atoms with Crippen molar-refractivity contribution in [3.8, 4) is 10.8 Å². The van der Waals surface area contributed by atoms with E-state index in [0.29, 0.717) is 12.5 Å². The van der Waals surface area contributed by atoms with Gasteiger partial charge in [0.05, 0.1) is 18.4 Å². The molecule has 122 valence electrons. The number of piperazine rings is 1. The second kappa shape index (κ2) is 6.45. The lowest BCUT2D eigenvalue weighted by Gasteiger charge is -2.44. The van der Waals surface area contributed by atoms with Gasteiger partial charge in [0, 0.05) is 31.1 Å². The highest BCUT2D eigenvalue weighted by Gasteiger charge is 2.31. The van der Waals surface area contributed by atoms with E-state index in [1.165, 1.54) is 37.1 Å². The first kappa shape index (κ1) is 14.9. The summed E-state index contributed by atoms with van der Waals surface area (Å²) in [6.45, 7) is 3.95. The van der Waals surface area contributed by atoms with Gasteiger partial charge in [-0.15, -0.1) is 11.3 Å². The average molecular weight is 331 g/mol. The van der Waals surface area contributed by atoms with Crippen molar-refractivity contribution in [2.75, 3.05) is 26.2 Å². The summed E-state index contributed by atoms with van der Waals surface area (Å²) in [6.07, 6.45) is 5.86. The highest BCUT2D eigenvalue weighted by Crippen LogP contribution is 2.25. The van der Waals surface area contributed by atoms with Crippen molar-refractivity contribution in [3.05, 3.63) is 29.5 Å². The minimum absolute atomic E-state index is 0.200. The highest BCUT2D eigenvalue weighted by molar-refractivity contribution is 7.13. The maximum Gasteiger partial charge on any atom is 0.228 e. The molecule has 0 unspecified atom stereocenters. The monoisotopic (exact) mass is 331 g/mol. The predicted molar refractivity (Wildman–Crippen MR) is 89.3 cm³/mol. The number of hydrogen-bond acceptors (Lipinski definition) is 5. The third-order valence-electron chi connectivity index (χ3n) is 4.81. The summed E-state index contributed by atoms with van der Waals surface area (Å²) < 4.78 is 5.36. The van der Waals surface area contributed by atoms with Gasteiger partial charge in [0.1, 0.15) is 0 Å². The third-order valence-corrected chi connectivity index (χ3v) is 5.71. The Kier molecular flexibility index (Phi) is 4.18. The molecular weight excluding hydrogens is 310 g/mol. The third kappa shape index (κ3) is 3.19. The fraction of sp³-hybridized carbons (Fsp3) is 0.529. The lowest BCUT2D eigenvalue weighted by atomic mass is 9.99. The molecule has 2 aromatic rings. The molecule has 4 heterocycles. The van der Waals surface area contributed by atoms with Crippen LogP contribution in [0.5, 0.6) is 0 Å². The molecule has 0 saturated carbocycles. The van der Waals surface area contributed by atoms with E-state index >= 15 is 0 Å². The lowest BCUT2D eigenvalue weighted by Crippen LogP contribution is -2.56. The Bertz CT molecular complexity index is 667. The van der Waals surface area contributed by atoms with E-state index < -0.39 is 0 Å². The smallest absolute Gasteiger partial charge is 0.228 e. The summed E-state index contributed by atoms with van der Waals surface area (Å²) in [4.78, 5) is 21.7. The quantitative estimate of drug-likeness (QED) is 0.867. The standard InChI is InChI=1S/C17H21N3O2S/c21-16(20-8-7-19-6-2-1-4-14(19)11-20)10-13-12-23-17(18-13)15-5-3-9-22-15/h3,5,9,12,14H,1-2,4,6-8,10-11H2/t14-/m0/s1. The molecule has 0 aliphatic carbocycles. The van der Waals surface area contributed by atoms with Crippen molar-refractivity contribution in [2.24, 2.45) is 0 Å². The average Bonchev–Trinajstić information content (AvgIpc) is 3.25. The van der Waals surface area contributed by atoms with Gasteiger partial charge in [0.15, 0.2) is 10.8 Å². The highest BCUT2D eigenvalue weighted by atomic mass is 32.1. The molecule has 0 bridgehead atoms. The van der Waals surface area contributed by atoms with Gasteiger partial charge in [-0.3, -0.25) is 9.69 Å². The van der Waals surface area contributed by atoms with Crippen molar-refractivity contribution >= 4 is 17.2 Å². The Morgan fingerprint density at radius 3 is 3.17 bits per heavy atom. The van der Waals surface area contributed by atoms with Crippen molar-refractivity contribution in [3.63, 3.8) is 0 Å². The largest absolute Gasteiger partial charge is 0.462 e. The van der Waals surface area contributed by atoms with E-state index in [4.69, 9.17) is 4.42 Å². The lowest BCUT2D eigenvalue weighted by molar-refractivity contribution is -0.134. The predicted octanol–water partition coefficient (Wildman–Crippen LogP) is 2.64. The van der Waals surface area contributed by atoms with Gasteiger partial charge < -0.3 is 9.32 Å². The van der Waals surface area contributed by atoms with E-state index in [9.17, 15) is 4.79 Å². The van der Waals surface area contributed by atoms with Gasteiger partial charge in [0.2, 0.25) is 5.91 Å². The summed E-state index contributed by atoms with van der Waals surface area (Å²) >= 11 is 1.53. The first-order valence-corrected chi connectivity index (χ1v) is 9.17. The molecule has 0 radical (unpaired) electrons. The number of amides is 1. The molecule has 0 N–H and O–H groups in total. The van der Waals surface area contributed by atoms with Crippen LogP contribution in [-0.4, -0.2) is 52.9 Å². The summed E-state index contributed by atoms with van der Waals surface area (Å²) in [7, 11) is 0. The van der Waals surface area contributed by atoms with Gasteiger partial charge in [-0.05, 0) is 31.5 Å². The zero-order chi connectivity index (χ0) is 15.6. The van der Waals surface area contributed by atoms with Crippen molar-refractivity contribution in [1.82, 2.24) is 14.8 Å². The second-order valence-electron chi connectivity index (χ2n) is 6.32. The summed E-state index contributed by atoms with van der Waals surface area (Å²) in [6, 6.07) is 4.31. The van der Waals surface area contributed by atoms with Crippen molar-refractivity contribution in [1.29, 1.82) is 0 Å². The van der Waals surface area contributed by atoms with Crippen LogP contribution in [0.4, 0.5) is 0 Å². The van der Waals surface area contributed by atoms with Crippen LogP contribution < -0.4 is 0 Å². The van der Waals surface area contributed by atoms with Gasteiger partial charge >= 0.3 is 0 Å². The zero-order valence-electron chi connectivity index (χ0n) is 13.1. The molecule has 2 fully saturated rings. The maximum absolute atomic E-state index is 12.6. The molecule has 6 heteroatoms. The maximum atomic E-state index is 12.6. The zero-order valence-corrected chi connectivity index (χ0v) is 13.9. The Balaban J connectivity index is 1.38. The normalized spacial score (nSPS) is 22.1. The van der Waals surface area contributed by atoms with E-state index in [2.05, 4.69) is 9.88 Å². The molecule has 2 saturated heterocycles. The number of hydrogen-bond donors (Lipinski definition) is 0. The number of nitrogens with zero attached hydrogens (tertiary/aromatic N) is 3. The van der Waals surface area contributed by atoms with Crippen LogP contribution in [0.1, 0.15) is 25.0 Å². The molecular formula is C17H21N3O2S. The van der Waals surface area contributed by atoms with Crippen LogP contribution in [0.3, 0.4) is 0 Å². The molecule has 0 aromatic carbocycles. The minimum atomic E-state index is 0.200. The number of thiazole rings is 1. The summed E-state index contributed by atoms with van der Waals surface area (Å²) in [5.41, 5.74) is 0.845. The van der Waals surface area contributed by atoms with Gasteiger partial charge in [0.25, 0.3) is 0 Å². The fourth-order valence-corrected chi connectivity index (χ4v) is 4.34. The van der Waals surface area contributed by atoms with Crippen molar-refractivity contribution in [2.45, 2.75) is 31.7 Å². The molecule has 4 rings (SSSR count). The minimum Gasteiger partial charge on any atom is -0.462 e. The molecule has 1 atom stereocenters. The van der Waals surface area contributed by atoms with Crippen molar-refractivity contribution < 1.29 is 9.21 Å².